The van der Waals surface area contributed by atoms with Crippen molar-refractivity contribution in [3.05, 3.63) is 33.9 Å². The van der Waals surface area contributed by atoms with E-state index in [-0.39, 0.29) is 17.8 Å². The zero-order chi connectivity index (χ0) is 13.8. The number of nitriles is 1. The molecular weight excluding hydrogens is 244 g/mol. The number of nitro groups is 1. The van der Waals surface area contributed by atoms with Gasteiger partial charge in [-0.1, -0.05) is 0 Å². The second-order valence-corrected chi connectivity index (χ2v) is 4.86. The lowest BCUT2D eigenvalue weighted by atomic mass is 9.91. The SMILES string of the molecule is N#Cc1ccc(NC2CCC(N)CC2)c([N+](=O)[O-])c1. The van der Waals surface area contributed by atoms with Crippen LogP contribution in [0.4, 0.5) is 11.4 Å². The molecule has 2 rings (SSSR count). The summed E-state index contributed by atoms with van der Waals surface area (Å²) in [6.45, 7) is 0. The van der Waals surface area contributed by atoms with Gasteiger partial charge >= 0.3 is 0 Å². The molecule has 19 heavy (non-hydrogen) atoms. The number of rotatable bonds is 3. The second-order valence-electron chi connectivity index (χ2n) is 4.86. The zero-order valence-electron chi connectivity index (χ0n) is 10.5. The summed E-state index contributed by atoms with van der Waals surface area (Å²) in [6.07, 6.45) is 3.69. The molecule has 1 fully saturated rings. The van der Waals surface area contributed by atoms with Crippen molar-refractivity contribution in [1.82, 2.24) is 0 Å². The van der Waals surface area contributed by atoms with Crippen molar-refractivity contribution in [2.24, 2.45) is 5.73 Å². The summed E-state index contributed by atoms with van der Waals surface area (Å²) in [5.74, 6) is 0. The Labute approximate surface area is 111 Å². The molecule has 1 aliphatic rings. The molecule has 0 unspecified atom stereocenters. The molecule has 0 bridgehead atoms. The molecule has 0 spiro atoms. The molecule has 1 aliphatic carbocycles. The summed E-state index contributed by atoms with van der Waals surface area (Å²) in [4.78, 5) is 10.6. The molecule has 1 aromatic carbocycles. The van der Waals surface area contributed by atoms with Crippen LogP contribution in [0.3, 0.4) is 0 Å². The van der Waals surface area contributed by atoms with Gasteiger partial charge in [0.05, 0.1) is 16.6 Å². The Morgan fingerprint density at radius 1 is 1.37 bits per heavy atom. The third kappa shape index (κ3) is 3.20. The maximum atomic E-state index is 11.0. The van der Waals surface area contributed by atoms with E-state index in [0.29, 0.717) is 11.3 Å². The first-order chi connectivity index (χ1) is 9.10. The van der Waals surface area contributed by atoms with Gasteiger partial charge in [-0.25, -0.2) is 0 Å². The number of hydrogen-bond donors (Lipinski definition) is 2. The Morgan fingerprint density at radius 3 is 2.63 bits per heavy atom. The molecule has 0 amide bonds. The van der Waals surface area contributed by atoms with Crippen LogP contribution in [0.25, 0.3) is 0 Å². The number of anilines is 1. The lowest BCUT2D eigenvalue weighted by Crippen LogP contribution is -2.32. The Morgan fingerprint density at radius 2 is 2.05 bits per heavy atom. The quantitative estimate of drug-likeness (QED) is 0.640. The Balaban J connectivity index is 2.16. The Hall–Kier alpha value is -2.13. The van der Waals surface area contributed by atoms with E-state index in [4.69, 9.17) is 11.0 Å². The van der Waals surface area contributed by atoms with Crippen molar-refractivity contribution in [3.63, 3.8) is 0 Å². The van der Waals surface area contributed by atoms with Crippen molar-refractivity contribution in [2.75, 3.05) is 5.32 Å². The smallest absolute Gasteiger partial charge is 0.293 e. The van der Waals surface area contributed by atoms with Crippen LogP contribution < -0.4 is 11.1 Å². The molecule has 0 heterocycles. The number of nitrogens with zero attached hydrogens (tertiary/aromatic N) is 2. The predicted octanol–water partition coefficient (Wildman–Crippen LogP) is 2.15. The largest absolute Gasteiger partial charge is 0.377 e. The fourth-order valence-corrected chi connectivity index (χ4v) is 2.36. The standard InChI is InChI=1S/C13H16N4O2/c14-8-9-1-6-12(13(7-9)17(18)19)16-11-4-2-10(15)3-5-11/h1,6-7,10-11,16H,2-5,15H2. The highest BCUT2D eigenvalue weighted by atomic mass is 16.6. The first-order valence-electron chi connectivity index (χ1n) is 6.31. The minimum atomic E-state index is -0.461. The van der Waals surface area contributed by atoms with Crippen LogP contribution in [0.5, 0.6) is 0 Å². The van der Waals surface area contributed by atoms with Crippen LogP contribution >= 0.6 is 0 Å². The average Bonchev–Trinajstić information content (AvgIpc) is 2.41. The first-order valence-corrected chi connectivity index (χ1v) is 6.31. The van der Waals surface area contributed by atoms with E-state index in [1.165, 1.54) is 6.07 Å². The van der Waals surface area contributed by atoms with Gasteiger partial charge in [0, 0.05) is 18.2 Å². The summed E-state index contributed by atoms with van der Waals surface area (Å²) in [7, 11) is 0. The number of hydrogen-bond acceptors (Lipinski definition) is 5. The molecule has 0 aliphatic heterocycles. The monoisotopic (exact) mass is 260 g/mol. The molecular formula is C13H16N4O2. The van der Waals surface area contributed by atoms with Crippen LogP contribution in [0.2, 0.25) is 0 Å². The Kier molecular flexibility index (Phi) is 3.97. The van der Waals surface area contributed by atoms with Crippen LogP contribution in [-0.4, -0.2) is 17.0 Å². The van der Waals surface area contributed by atoms with Crippen molar-refractivity contribution < 1.29 is 4.92 Å². The summed E-state index contributed by atoms with van der Waals surface area (Å²) in [6, 6.07) is 6.86. The van der Waals surface area contributed by atoms with Gasteiger partial charge in [0.25, 0.3) is 5.69 Å². The number of benzene rings is 1. The number of nitro benzene ring substituents is 1. The van der Waals surface area contributed by atoms with Gasteiger partial charge in [0.2, 0.25) is 0 Å². The van der Waals surface area contributed by atoms with Crippen molar-refractivity contribution in [2.45, 2.75) is 37.8 Å². The predicted molar refractivity (Wildman–Crippen MR) is 71.7 cm³/mol. The van der Waals surface area contributed by atoms with Crippen molar-refractivity contribution in [3.8, 4) is 6.07 Å². The first kappa shape index (κ1) is 13.3. The normalized spacial score (nSPS) is 22.5. The molecule has 0 radical (unpaired) electrons. The van der Waals surface area contributed by atoms with E-state index >= 15 is 0 Å². The third-order valence-corrected chi connectivity index (χ3v) is 3.45. The number of nitrogens with one attached hydrogen (secondary N) is 1. The fourth-order valence-electron chi connectivity index (χ4n) is 2.36. The molecule has 1 aromatic rings. The van der Waals surface area contributed by atoms with E-state index in [0.717, 1.165) is 25.7 Å². The molecule has 0 atom stereocenters. The highest BCUT2D eigenvalue weighted by molar-refractivity contribution is 5.64. The van der Waals surface area contributed by atoms with E-state index in [9.17, 15) is 10.1 Å². The third-order valence-electron chi connectivity index (χ3n) is 3.45. The van der Waals surface area contributed by atoms with Crippen LogP contribution in [-0.2, 0) is 0 Å². The maximum absolute atomic E-state index is 11.0. The molecule has 0 saturated heterocycles. The minimum Gasteiger partial charge on any atom is -0.377 e. The molecule has 1 saturated carbocycles. The van der Waals surface area contributed by atoms with E-state index < -0.39 is 4.92 Å². The van der Waals surface area contributed by atoms with E-state index in [1.54, 1.807) is 12.1 Å². The Bertz CT molecular complexity index is 516. The van der Waals surface area contributed by atoms with Gasteiger partial charge in [-0.05, 0) is 37.8 Å². The highest BCUT2D eigenvalue weighted by Gasteiger charge is 2.22. The van der Waals surface area contributed by atoms with Gasteiger partial charge in [-0.15, -0.1) is 0 Å². The van der Waals surface area contributed by atoms with E-state index in [2.05, 4.69) is 5.32 Å². The molecule has 6 nitrogen and oxygen atoms in total. The minimum absolute atomic E-state index is 0.0473. The second kappa shape index (κ2) is 5.67. The zero-order valence-corrected chi connectivity index (χ0v) is 10.5. The fraction of sp³-hybridized carbons (Fsp3) is 0.462. The van der Waals surface area contributed by atoms with Gasteiger partial charge < -0.3 is 11.1 Å². The van der Waals surface area contributed by atoms with Crippen LogP contribution in [0.1, 0.15) is 31.2 Å². The van der Waals surface area contributed by atoms with Gasteiger partial charge in [-0.2, -0.15) is 5.26 Å². The summed E-state index contributed by atoms with van der Waals surface area (Å²) < 4.78 is 0. The van der Waals surface area contributed by atoms with Crippen LogP contribution in [0, 0.1) is 21.4 Å². The van der Waals surface area contributed by atoms with Crippen molar-refractivity contribution >= 4 is 11.4 Å². The summed E-state index contributed by atoms with van der Waals surface area (Å²) >= 11 is 0. The molecule has 100 valence electrons. The van der Waals surface area contributed by atoms with Crippen molar-refractivity contribution in [1.29, 1.82) is 5.26 Å². The summed E-state index contributed by atoms with van der Waals surface area (Å²) in [5.41, 5.74) is 6.56. The molecule has 3 N–H and O–H groups in total. The van der Waals surface area contributed by atoms with E-state index in [1.807, 2.05) is 6.07 Å². The topological polar surface area (TPSA) is 105 Å². The lowest BCUT2D eigenvalue weighted by Gasteiger charge is -2.27. The summed E-state index contributed by atoms with van der Waals surface area (Å²) in [5, 5.41) is 23.0. The highest BCUT2D eigenvalue weighted by Crippen LogP contribution is 2.29. The molecule has 6 heteroatoms. The lowest BCUT2D eigenvalue weighted by molar-refractivity contribution is -0.384. The van der Waals surface area contributed by atoms with Gasteiger partial charge in [-0.3, -0.25) is 10.1 Å². The maximum Gasteiger partial charge on any atom is 0.293 e. The average molecular weight is 260 g/mol. The number of nitrogens with two attached hydrogens (primary N) is 1. The molecule has 0 aromatic heterocycles. The van der Waals surface area contributed by atoms with Gasteiger partial charge in [0.15, 0.2) is 0 Å². The van der Waals surface area contributed by atoms with Gasteiger partial charge in [0.1, 0.15) is 5.69 Å². The van der Waals surface area contributed by atoms with Crippen LogP contribution in [0.15, 0.2) is 18.2 Å².